The average molecular weight is 373 g/mol. The number of likely N-dealkylation sites (tertiary alicyclic amines) is 1. The summed E-state index contributed by atoms with van der Waals surface area (Å²) in [7, 11) is 3.75. The Balaban J connectivity index is 2.16. The van der Waals surface area contributed by atoms with Crippen molar-refractivity contribution in [1.29, 1.82) is 0 Å². The van der Waals surface area contributed by atoms with Crippen LogP contribution in [0.2, 0.25) is 0 Å². The van der Waals surface area contributed by atoms with Gasteiger partial charge in [-0.15, -0.1) is 13.2 Å². The van der Waals surface area contributed by atoms with Gasteiger partial charge in [0.15, 0.2) is 0 Å². The maximum Gasteiger partial charge on any atom is 0.573 e. The average Bonchev–Trinajstić information content (AvgIpc) is 2.88. The van der Waals surface area contributed by atoms with Crippen LogP contribution in [0.1, 0.15) is 17.3 Å². The van der Waals surface area contributed by atoms with Crippen molar-refractivity contribution in [3.63, 3.8) is 0 Å². The Bertz CT molecular complexity index is 664. The molecule has 1 aromatic rings. The standard InChI is InChI=1S/C17H22F3N3O3/c1-11(24)23-9-12(8-22(2)3)14(10-23)21-16(25)13-6-4-5-7-15(13)26-17(18,19)20/h4-7,12,14H,8-10H2,1-3H3,(H,21,25)/t12-,14-/m1/s1. The number of para-hydroxylation sites is 1. The van der Waals surface area contributed by atoms with Gasteiger partial charge in [-0.2, -0.15) is 0 Å². The Morgan fingerprint density at radius 2 is 1.92 bits per heavy atom. The number of carbonyl (C=O) groups excluding carboxylic acids is 2. The largest absolute Gasteiger partial charge is 0.573 e. The van der Waals surface area contributed by atoms with Crippen LogP contribution in [0, 0.1) is 5.92 Å². The molecule has 0 aliphatic carbocycles. The monoisotopic (exact) mass is 373 g/mol. The van der Waals surface area contributed by atoms with E-state index in [9.17, 15) is 22.8 Å². The Kier molecular flexibility index (Phi) is 6.12. The first-order chi connectivity index (χ1) is 12.1. The van der Waals surface area contributed by atoms with Gasteiger partial charge in [0.2, 0.25) is 5.91 Å². The number of ether oxygens (including phenoxy) is 1. The van der Waals surface area contributed by atoms with Crippen molar-refractivity contribution in [2.75, 3.05) is 33.7 Å². The van der Waals surface area contributed by atoms with E-state index in [1.54, 1.807) is 4.90 Å². The molecule has 1 fully saturated rings. The van der Waals surface area contributed by atoms with Crippen LogP contribution in [0.15, 0.2) is 24.3 Å². The first-order valence-electron chi connectivity index (χ1n) is 8.12. The summed E-state index contributed by atoms with van der Waals surface area (Å²) in [6.07, 6.45) is -4.89. The summed E-state index contributed by atoms with van der Waals surface area (Å²) >= 11 is 0. The van der Waals surface area contributed by atoms with Crippen LogP contribution in [0.3, 0.4) is 0 Å². The molecule has 0 spiro atoms. The highest BCUT2D eigenvalue weighted by atomic mass is 19.4. The third-order valence-electron chi connectivity index (χ3n) is 4.16. The highest BCUT2D eigenvalue weighted by molar-refractivity contribution is 5.97. The Morgan fingerprint density at radius 3 is 2.50 bits per heavy atom. The van der Waals surface area contributed by atoms with Crippen LogP contribution in [0.5, 0.6) is 5.75 Å². The number of carbonyl (C=O) groups is 2. The summed E-state index contributed by atoms with van der Waals surface area (Å²) in [5, 5.41) is 2.75. The number of hydrogen-bond donors (Lipinski definition) is 1. The molecule has 144 valence electrons. The van der Waals surface area contributed by atoms with Crippen molar-refractivity contribution in [3.05, 3.63) is 29.8 Å². The molecule has 1 saturated heterocycles. The molecule has 26 heavy (non-hydrogen) atoms. The van der Waals surface area contributed by atoms with Crippen molar-refractivity contribution in [2.45, 2.75) is 19.3 Å². The third-order valence-corrected chi connectivity index (χ3v) is 4.16. The minimum Gasteiger partial charge on any atom is -0.405 e. The number of benzene rings is 1. The van der Waals surface area contributed by atoms with Gasteiger partial charge < -0.3 is 19.9 Å². The maximum atomic E-state index is 12.5. The second-order valence-corrected chi connectivity index (χ2v) is 6.57. The number of nitrogens with zero attached hydrogens (tertiary/aromatic N) is 2. The zero-order chi connectivity index (χ0) is 19.5. The fourth-order valence-electron chi connectivity index (χ4n) is 3.06. The molecule has 2 amide bonds. The van der Waals surface area contributed by atoms with E-state index in [-0.39, 0.29) is 23.4 Å². The van der Waals surface area contributed by atoms with Crippen LogP contribution < -0.4 is 10.1 Å². The predicted octanol–water partition coefficient (Wildman–Crippen LogP) is 1.72. The molecular formula is C17H22F3N3O3. The lowest BCUT2D eigenvalue weighted by molar-refractivity contribution is -0.274. The Morgan fingerprint density at radius 1 is 1.27 bits per heavy atom. The molecule has 0 saturated carbocycles. The zero-order valence-corrected chi connectivity index (χ0v) is 14.8. The van der Waals surface area contributed by atoms with Crippen molar-refractivity contribution < 1.29 is 27.5 Å². The molecule has 1 N–H and O–H groups in total. The Labute approximate surface area is 149 Å². The van der Waals surface area contributed by atoms with Gasteiger partial charge in [-0.25, -0.2) is 0 Å². The quantitative estimate of drug-likeness (QED) is 0.854. The van der Waals surface area contributed by atoms with Gasteiger partial charge in [0.1, 0.15) is 5.75 Å². The molecule has 9 heteroatoms. The van der Waals surface area contributed by atoms with E-state index in [2.05, 4.69) is 10.1 Å². The van der Waals surface area contributed by atoms with E-state index in [4.69, 9.17) is 0 Å². The molecule has 1 aliphatic rings. The topological polar surface area (TPSA) is 61.9 Å². The molecule has 1 aromatic carbocycles. The van der Waals surface area contributed by atoms with Crippen molar-refractivity contribution in [3.8, 4) is 5.75 Å². The van der Waals surface area contributed by atoms with Crippen molar-refractivity contribution >= 4 is 11.8 Å². The summed E-state index contributed by atoms with van der Waals surface area (Å²) in [6, 6.07) is 4.84. The summed E-state index contributed by atoms with van der Waals surface area (Å²) in [4.78, 5) is 27.7. The number of hydrogen-bond acceptors (Lipinski definition) is 4. The summed E-state index contributed by atoms with van der Waals surface area (Å²) < 4.78 is 41.5. The molecule has 0 radical (unpaired) electrons. The van der Waals surface area contributed by atoms with Crippen LogP contribution in [0.4, 0.5) is 13.2 Å². The molecule has 2 rings (SSSR count). The summed E-state index contributed by atoms with van der Waals surface area (Å²) in [5.41, 5.74) is -0.199. The van der Waals surface area contributed by atoms with Gasteiger partial charge in [0.25, 0.3) is 5.91 Å². The summed E-state index contributed by atoms with van der Waals surface area (Å²) in [6.45, 7) is 2.89. The minimum absolute atomic E-state index is 0.0199. The number of rotatable bonds is 5. The van der Waals surface area contributed by atoms with Crippen LogP contribution in [0.25, 0.3) is 0 Å². The van der Waals surface area contributed by atoms with E-state index < -0.39 is 18.0 Å². The lowest BCUT2D eigenvalue weighted by atomic mass is 10.0. The zero-order valence-electron chi connectivity index (χ0n) is 14.8. The van der Waals surface area contributed by atoms with E-state index in [1.807, 2.05) is 19.0 Å². The van der Waals surface area contributed by atoms with E-state index in [0.717, 1.165) is 6.07 Å². The van der Waals surface area contributed by atoms with Crippen LogP contribution in [-0.4, -0.2) is 67.7 Å². The first kappa shape index (κ1) is 20.0. The van der Waals surface area contributed by atoms with Crippen LogP contribution >= 0.6 is 0 Å². The molecule has 2 atom stereocenters. The van der Waals surface area contributed by atoms with Crippen LogP contribution in [-0.2, 0) is 4.79 Å². The second kappa shape index (κ2) is 7.94. The maximum absolute atomic E-state index is 12.5. The molecule has 6 nitrogen and oxygen atoms in total. The highest BCUT2D eigenvalue weighted by Gasteiger charge is 2.37. The van der Waals surface area contributed by atoms with Gasteiger partial charge in [-0.05, 0) is 26.2 Å². The smallest absolute Gasteiger partial charge is 0.405 e. The third kappa shape index (κ3) is 5.35. The fraction of sp³-hybridized carbons (Fsp3) is 0.529. The van der Waals surface area contributed by atoms with Gasteiger partial charge in [-0.3, -0.25) is 9.59 Å². The van der Waals surface area contributed by atoms with Gasteiger partial charge in [0.05, 0.1) is 11.6 Å². The summed E-state index contributed by atoms with van der Waals surface area (Å²) in [5.74, 6) is -1.34. The second-order valence-electron chi connectivity index (χ2n) is 6.57. The SMILES string of the molecule is CC(=O)N1C[C@@H](CN(C)C)[C@H](NC(=O)c2ccccc2OC(F)(F)F)C1. The lowest BCUT2D eigenvalue weighted by Gasteiger charge is -2.23. The Hall–Kier alpha value is -2.29. The van der Waals surface area contributed by atoms with E-state index in [1.165, 1.54) is 25.1 Å². The molecule has 1 heterocycles. The molecular weight excluding hydrogens is 351 g/mol. The molecule has 1 aliphatic heterocycles. The lowest BCUT2D eigenvalue weighted by Crippen LogP contribution is -2.43. The molecule has 0 unspecified atom stereocenters. The van der Waals surface area contributed by atoms with E-state index in [0.29, 0.717) is 19.6 Å². The molecule has 0 aromatic heterocycles. The number of nitrogens with one attached hydrogen (secondary N) is 1. The van der Waals surface area contributed by atoms with E-state index >= 15 is 0 Å². The number of amides is 2. The number of alkyl halides is 3. The highest BCUT2D eigenvalue weighted by Crippen LogP contribution is 2.27. The number of halogens is 3. The van der Waals surface area contributed by atoms with Gasteiger partial charge >= 0.3 is 6.36 Å². The normalized spacial score (nSPS) is 20.3. The predicted molar refractivity (Wildman–Crippen MR) is 88.7 cm³/mol. The molecule has 0 bridgehead atoms. The van der Waals surface area contributed by atoms with Gasteiger partial charge in [0, 0.05) is 32.5 Å². The van der Waals surface area contributed by atoms with Crippen molar-refractivity contribution in [2.24, 2.45) is 5.92 Å². The minimum atomic E-state index is -4.89. The first-order valence-corrected chi connectivity index (χ1v) is 8.12. The fourth-order valence-corrected chi connectivity index (χ4v) is 3.06. The van der Waals surface area contributed by atoms with Crippen molar-refractivity contribution in [1.82, 2.24) is 15.1 Å². The van der Waals surface area contributed by atoms with Gasteiger partial charge in [-0.1, -0.05) is 12.1 Å².